The fourth-order valence-corrected chi connectivity index (χ4v) is 2.68. The van der Waals surface area contributed by atoms with Crippen molar-refractivity contribution in [2.75, 3.05) is 0 Å². The van der Waals surface area contributed by atoms with Gasteiger partial charge in [-0.3, -0.25) is 4.57 Å². The summed E-state index contributed by atoms with van der Waals surface area (Å²) in [4.78, 5) is 1.17. The molecule has 0 atom stereocenters. The zero-order valence-electron chi connectivity index (χ0n) is 9.37. The van der Waals surface area contributed by atoms with Crippen LogP contribution in [0, 0.1) is 6.92 Å². The highest BCUT2D eigenvalue weighted by Crippen LogP contribution is 2.28. The van der Waals surface area contributed by atoms with Crippen LogP contribution in [0.15, 0.2) is 48.1 Å². The summed E-state index contributed by atoms with van der Waals surface area (Å²) >= 11 is 1.69. The highest BCUT2D eigenvalue weighted by atomic mass is 32.1. The summed E-state index contributed by atoms with van der Waals surface area (Å²) in [5.41, 5.74) is 2.32. The minimum Gasteiger partial charge on any atom is -0.281 e. The first-order valence-corrected chi connectivity index (χ1v) is 6.24. The maximum absolute atomic E-state index is 4.22. The summed E-state index contributed by atoms with van der Waals surface area (Å²) in [6.45, 7) is 2.09. The number of aryl methyl sites for hydroxylation is 1. The van der Waals surface area contributed by atoms with Crippen molar-refractivity contribution in [3.8, 4) is 16.4 Å². The number of thiophene rings is 1. The zero-order valence-corrected chi connectivity index (χ0v) is 10.2. The molecule has 1 aromatic carbocycles. The molecule has 0 saturated heterocycles. The average molecular weight is 241 g/mol. The van der Waals surface area contributed by atoms with Gasteiger partial charge < -0.3 is 0 Å². The Morgan fingerprint density at radius 3 is 2.65 bits per heavy atom. The Morgan fingerprint density at radius 2 is 1.94 bits per heavy atom. The summed E-state index contributed by atoms with van der Waals surface area (Å²) in [5.74, 6) is 0.906. The minimum atomic E-state index is 0.906. The Labute approximate surface area is 103 Å². The lowest BCUT2D eigenvalue weighted by Crippen LogP contribution is -1.95. The number of rotatable bonds is 2. The van der Waals surface area contributed by atoms with Crippen molar-refractivity contribution in [3.63, 3.8) is 0 Å². The maximum atomic E-state index is 4.22. The quantitative estimate of drug-likeness (QED) is 0.689. The molecule has 0 unspecified atom stereocenters. The third-order valence-corrected chi connectivity index (χ3v) is 3.66. The number of hydrogen-bond donors (Lipinski definition) is 0. The molecule has 84 valence electrons. The molecule has 3 rings (SSSR count). The summed E-state index contributed by atoms with van der Waals surface area (Å²) in [5, 5.41) is 10.3. The van der Waals surface area contributed by atoms with Crippen LogP contribution >= 0.6 is 11.3 Å². The minimum absolute atomic E-state index is 0.906. The predicted molar refractivity (Wildman–Crippen MR) is 69.4 cm³/mol. The van der Waals surface area contributed by atoms with Crippen molar-refractivity contribution in [2.24, 2.45) is 0 Å². The molecule has 3 aromatic rings. The normalized spacial score (nSPS) is 10.6. The molecule has 0 spiro atoms. The van der Waals surface area contributed by atoms with Gasteiger partial charge in [-0.1, -0.05) is 18.2 Å². The standard InChI is InChI=1S/C13H11N3S/c1-10-7-8-17-12(10)13-15-14-9-16(13)11-5-3-2-4-6-11/h2-9H,1H3. The smallest absolute Gasteiger partial charge is 0.178 e. The second-order valence-electron chi connectivity index (χ2n) is 3.79. The summed E-state index contributed by atoms with van der Waals surface area (Å²) in [6, 6.07) is 12.2. The molecule has 0 saturated carbocycles. The van der Waals surface area contributed by atoms with Crippen molar-refractivity contribution in [3.05, 3.63) is 53.7 Å². The molecule has 0 radical (unpaired) electrons. The zero-order chi connectivity index (χ0) is 11.7. The third-order valence-electron chi connectivity index (χ3n) is 2.65. The molecule has 0 fully saturated rings. The predicted octanol–water partition coefficient (Wildman–Crippen LogP) is 3.30. The molecular weight excluding hydrogens is 230 g/mol. The lowest BCUT2D eigenvalue weighted by Gasteiger charge is -2.05. The van der Waals surface area contributed by atoms with Gasteiger partial charge in [0.1, 0.15) is 6.33 Å². The van der Waals surface area contributed by atoms with E-state index in [1.54, 1.807) is 17.7 Å². The number of hydrogen-bond acceptors (Lipinski definition) is 3. The van der Waals surface area contributed by atoms with Crippen molar-refractivity contribution >= 4 is 11.3 Å². The highest BCUT2D eigenvalue weighted by Gasteiger charge is 2.11. The van der Waals surface area contributed by atoms with E-state index < -0.39 is 0 Å². The number of benzene rings is 1. The van der Waals surface area contributed by atoms with E-state index in [-0.39, 0.29) is 0 Å². The molecule has 0 aliphatic rings. The van der Waals surface area contributed by atoms with Crippen LogP contribution in [-0.4, -0.2) is 14.8 Å². The maximum Gasteiger partial charge on any atom is 0.178 e. The van der Waals surface area contributed by atoms with Crippen molar-refractivity contribution in [2.45, 2.75) is 6.92 Å². The molecule has 17 heavy (non-hydrogen) atoms. The molecule has 0 aliphatic heterocycles. The van der Waals surface area contributed by atoms with Gasteiger partial charge in [-0.05, 0) is 36.1 Å². The van der Waals surface area contributed by atoms with E-state index in [1.807, 2.05) is 22.8 Å². The van der Waals surface area contributed by atoms with Crippen molar-refractivity contribution in [1.29, 1.82) is 0 Å². The van der Waals surface area contributed by atoms with Gasteiger partial charge in [-0.25, -0.2) is 0 Å². The van der Waals surface area contributed by atoms with Gasteiger partial charge >= 0.3 is 0 Å². The fraction of sp³-hybridized carbons (Fsp3) is 0.0769. The topological polar surface area (TPSA) is 30.7 Å². The molecule has 0 bridgehead atoms. The fourth-order valence-electron chi connectivity index (χ4n) is 1.77. The first-order valence-electron chi connectivity index (χ1n) is 5.36. The van der Waals surface area contributed by atoms with Crippen molar-refractivity contribution < 1.29 is 0 Å². The summed E-state index contributed by atoms with van der Waals surface area (Å²) in [6.07, 6.45) is 1.75. The second-order valence-corrected chi connectivity index (χ2v) is 4.71. The van der Waals surface area contributed by atoms with Crippen LogP contribution in [0.2, 0.25) is 0 Å². The first kappa shape index (κ1) is 10.2. The monoisotopic (exact) mass is 241 g/mol. The second kappa shape index (κ2) is 4.14. The van der Waals surface area contributed by atoms with Gasteiger partial charge in [0, 0.05) is 5.69 Å². The van der Waals surface area contributed by atoms with E-state index in [9.17, 15) is 0 Å². The molecule has 0 N–H and O–H groups in total. The van der Waals surface area contributed by atoms with Gasteiger partial charge in [-0.15, -0.1) is 21.5 Å². The highest BCUT2D eigenvalue weighted by molar-refractivity contribution is 7.13. The first-order chi connectivity index (χ1) is 8.36. The Bertz CT molecular complexity index is 625. The average Bonchev–Trinajstić information content (AvgIpc) is 2.98. The number of nitrogens with zero attached hydrogens (tertiary/aromatic N) is 3. The Balaban J connectivity index is 2.16. The van der Waals surface area contributed by atoms with Crippen LogP contribution in [-0.2, 0) is 0 Å². The van der Waals surface area contributed by atoms with E-state index in [1.165, 1.54) is 10.4 Å². The van der Waals surface area contributed by atoms with E-state index in [0.717, 1.165) is 11.5 Å². The third kappa shape index (κ3) is 1.76. The molecule has 0 aliphatic carbocycles. The molecule has 3 nitrogen and oxygen atoms in total. The molecule has 4 heteroatoms. The summed E-state index contributed by atoms with van der Waals surface area (Å²) in [7, 11) is 0. The molecule has 0 amide bonds. The largest absolute Gasteiger partial charge is 0.281 e. The molecule has 2 heterocycles. The van der Waals surface area contributed by atoms with Gasteiger partial charge in [0.15, 0.2) is 5.82 Å². The van der Waals surface area contributed by atoms with Gasteiger partial charge in [-0.2, -0.15) is 0 Å². The van der Waals surface area contributed by atoms with Crippen LogP contribution < -0.4 is 0 Å². The Kier molecular flexibility index (Phi) is 2.49. The molecule has 2 aromatic heterocycles. The van der Waals surface area contributed by atoms with Gasteiger partial charge in [0.2, 0.25) is 0 Å². The van der Waals surface area contributed by atoms with E-state index in [4.69, 9.17) is 0 Å². The lowest BCUT2D eigenvalue weighted by atomic mass is 10.2. The number of para-hydroxylation sites is 1. The Hall–Kier alpha value is -1.94. The van der Waals surface area contributed by atoms with Crippen molar-refractivity contribution in [1.82, 2.24) is 14.8 Å². The SMILES string of the molecule is Cc1ccsc1-c1nncn1-c1ccccc1. The van der Waals surface area contributed by atoms with E-state index in [2.05, 4.69) is 40.7 Å². The summed E-state index contributed by atoms with van der Waals surface area (Å²) < 4.78 is 2.01. The van der Waals surface area contributed by atoms with Gasteiger partial charge in [0.25, 0.3) is 0 Å². The van der Waals surface area contributed by atoms with E-state index >= 15 is 0 Å². The Morgan fingerprint density at radius 1 is 1.12 bits per heavy atom. The van der Waals surface area contributed by atoms with Crippen LogP contribution in [0.5, 0.6) is 0 Å². The van der Waals surface area contributed by atoms with Crippen LogP contribution in [0.3, 0.4) is 0 Å². The lowest BCUT2D eigenvalue weighted by molar-refractivity contribution is 1.06. The molecular formula is C13H11N3S. The number of aromatic nitrogens is 3. The van der Waals surface area contributed by atoms with Gasteiger partial charge in [0.05, 0.1) is 4.88 Å². The van der Waals surface area contributed by atoms with Crippen LogP contribution in [0.1, 0.15) is 5.56 Å². The van der Waals surface area contributed by atoms with Crippen LogP contribution in [0.4, 0.5) is 0 Å². The van der Waals surface area contributed by atoms with E-state index in [0.29, 0.717) is 0 Å². The van der Waals surface area contributed by atoms with Crippen LogP contribution in [0.25, 0.3) is 16.4 Å².